The Morgan fingerprint density at radius 1 is 1.15 bits per heavy atom. The third kappa shape index (κ3) is 3.81. The summed E-state index contributed by atoms with van der Waals surface area (Å²) in [5, 5.41) is 3.84. The molecule has 0 atom stereocenters. The molecule has 142 valence electrons. The molecule has 1 fully saturated rings. The molecule has 0 bridgehead atoms. The minimum Gasteiger partial charge on any atom is -0.326 e. The molecule has 27 heavy (non-hydrogen) atoms. The summed E-state index contributed by atoms with van der Waals surface area (Å²) in [7, 11) is 1.39. The Bertz CT molecular complexity index is 957. The highest BCUT2D eigenvalue weighted by Crippen LogP contribution is 2.30. The molecule has 0 aliphatic carbocycles. The molecule has 1 saturated heterocycles. The van der Waals surface area contributed by atoms with Gasteiger partial charge in [-0.1, -0.05) is 0 Å². The Balaban J connectivity index is 1.76. The summed E-state index contributed by atoms with van der Waals surface area (Å²) in [5.41, 5.74) is -1.41. The number of piperazine rings is 1. The zero-order valence-electron chi connectivity index (χ0n) is 14.1. The lowest BCUT2D eigenvalue weighted by atomic mass is 10.2. The number of rotatable bonds is 2. The average molecular weight is 381 g/mol. The molecule has 3 heterocycles. The summed E-state index contributed by atoms with van der Waals surface area (Å²) in [6, 6.07) is 4.55. The maximum absolute atomic E-state index is 12.8. The first-order valence-corrected chi connectivity index (χ1v) is 7.84. The predicted molar refractivity (Wildman–Crippen MR) is 87.0 cm³/mol. The summed E-state index contributed by atoms with van der Waals surface area (Å²) in [6.45, 7) is -0.177. The van der Waals surface area contributed by atoms with E-state index >= 15 is 0 Å². The molecule has 2 aromatic rings. The second-order valence-corrected chi connectivity index (χ2v) is 5.85. The summed E-state index contributed by atoms with van der Waals surface area (Å²) in [5.74, 6) is -1.07. The van der Waals surface area contributed by atoms with E-state index in [0.29, 0.717) is 0 Å². The van der Waals surface area contributed by atoms with E-state index in [1.807, 2.05) is 0 Å². The van der Waals surface area contributed by atoms with Gasteiger partial charge >= 0.3 is 6.18 Å². The van der Waals surface area contributed by atoms with Gasteiger partial charge in [-0.15, -0.1) is 0 Å². The Kier molecular flexibility index (Phi) is 4.68. The van der Waals surface area contributed by atoms with E-state index in [2.05, 4.69) is 10.1 Å². The number of anilines is 1. The minimum atomic E-state index is -4.62. The molecule has 2 aromatic heterocycles. The Labute approximate surface area is 150 Å². The van der Waals surface area contributed by atoms with E-state index in [0.717, 1.165) is 16.9 Å². The van der Waals surface area contributed by atoms with Gasteiger partial charge in [-0.3, -0.25) is 19.4 Å². The molecule has 0 saturated carbocycles. The van der Waals surface area contributed by atoms with Crippen molar-refractivity contribution >= 4 is 17.5 Å². The van der Waals surface area contributed by atoms with Crippen LogP contribution in [0.2, 0.25) is 0 Å². The third-order valence-corrected chi connectivity index (χ3v) is 4.03. The third-order valence-electron chi connectivity index (χ3n) is 4.03. The maximum Gasteiger partial charge on any atom is 0.433 e. The molecule has 0 N–H and O–H groups in total. The summed E-state index contributed by atoms with van der Waals surface area (Å²) < 4.78 is 39.4. The fraction of sp³-hybridized carbons (Fsp3) is 0.312. The van der Waals surface area contributed by atoms with E-state index in [9.17, 15) is 27.6 Å². The van der Waals surface area contributed by atoms with Crippen molar-refractivity contribution in [1.29, 1.82) is 0 Å². The van der Waals surface area contributed by atoms with Gasteiger partial charge in [-0.2, -0.15) is 18.3 Å². The SMILES string of the molecule is Cn1nc(C(=O)N2CCN(c3ccnc(C(F)(F)F)c3)C(=O)C2)ccc1=O. The Hall–Kier alpha value is -3.24. The zero-order valence-corrected chi connectivity index (χ0v) is 14.1. The molecule has 2 amide bonds. The van der Waals surface area contributed by atoms with E-state index in [4.69, 9.17) is 0 Å². The van der Waals surface area contributed by atoms with Gasteiger partial charge in [0.25, 0.3) is 11.5 Å². The number of carbonyl (C=O) groups is 2. The van der Waals surface area contributed by atoms with Crippen molar-refractivity contribution in [2.24, 2.45) is 7.05 Å². The average Bonchev–Trinajstić information content (AvgIpc) is 2.62. The van der Waals surface area contributed by atoms with Crippen LogP contribution in [0.5, 0.6) is 0 Å². The highest BCUT2D eigenvalue weighted by molar-refractivity contribution is 6.00. The second-order valence-electron chi connectivity index (χ2n) is 5.85. The largest absolute Gasteiger partial charge is 0.433 e. The van der Waals surface area contributed by atoms with Crippen LogP contribution in [0.4, 0.5) is 18.9 Å². The van der Waals surface area contributed by atoms with Gasteiger partial charge in [0.1, 0.15) is 17.9 Å². The normalized spacial score (nSPS) is 15.2. The molecule has 0 radical (unpaired) electrons. The van der Waals surface area contributed by atoms with Gasteiger partial charge < -0.3 is 9.80 Å². The maximum atomic E-state index is 12.8. The van der Waals surface area contributed by atoms with Gasteiger partial charge in [0.2, 0.25) is 5.91 Å². The van der Waals surface area contributed by atoms with Crippen LogP contribution in [0, 0.1) is 0 Å². The lowest BCUT2D eigenvalue weighted by Gasteiger charge is -2.34. The van der Waals surface area contributed by atoms with Crippen molar-refractivity contribution in [2.45, 2.75) is 6.18 Å². The number of pyridine rings is 1. The topological polar surface area (TPSA) is 88.4 Å². The molecule has 3 rings (SSSR count). The number of aryl methyl sites for hydroxylation is 1. The zero-order chi connectivity index (χ0) is 19.8. The number of aromatic nitrogens is 3. The Morgan fingerprint density at radius 3 is 2.52 bits per heavy atom. The summed E-state index contributed by atoms with van der Waals surface area (Å²) in [4.78, 5) is 41.9. The highest BCUT2D eigenvalue weighted by Gasteiger charge is 2.34. The number of hydrogen-bond acceptors (Lipinski definition) is 5. The van der Waals surface area contributed by atoms with Crippen molar-refractivity contribution in [3.63, 3.8) is 0 Å². The van der Waals surface area contributed by atoms with Crippen molar-refractivity contribution in [2.75, 3.05) is 24.5 Å². The first-order chi connectivity index (χ1) is 12.7. The molecule has 1 aliphatic rings. The number of hydrogen-bond donors (Lipinski definition) is 0. The van der Waals surface area contributed by atoms with E-state index in [1.165, 1.54) is 35.0 Å². The van der Waals surface area contributed by atoms with Gasteiger partial charge in [-0.25, -0.2) is 4.68 Å². The first kappa shape index (κ1) is 18.5. The fourth-order valence-corrected chi connectivity index (χ4v) is 2.64. The van der Waals surface area contributed by atoms with Crippen LogP contribution in [0.1, 0.15) is 16.2 Å². The number of nitrogens with zero attached hydrogens (tertiary/aromatic N) is 5. The molecular formula is C16H14F3N5O3. The number of halogens is 3. The lowest BCUT2D eigenvalue weighted by Crippen LogP contribution is -2.52. The van der Waals surface area contributed by atoms with E-state index in [-0.39, 0.29) is 36.6 Å². The quantitative estimate of drug-likeness (QED) is 0.764. The summed E-state index contributed by atoms with van der Waals surface area (Å²) >= 11 is 0. The number of alkyl halides is 3. The minimum absolute atomic E-state index is 0.00150. The van der Waals surface area contributed by atoms with Crippen molar-refractivity contribution in [3.8, 4) is 0 Å². The molecule has 0 unspecified atom stereocenters. The van der Waals surface area contributed by atoms with Gasteiger partial charge in [0.15, 0.2) is 0 Å². The number of amides is 2. The van der Waals surface area contributed by atoms with Crippen molar-refractivity contribution < 1.29 is 22.8 Å². The lowest BCUT2D eigenvalue weighted by molar-refractivity contribution is -0.141. The van der Waals surface area contributed by atoms with Gasteiger partial charge in [0, 0.05) is 38.1 Å². The standard InChI is InChI=1S/C16H14F3N5O3/c1-22-13(25)3-2-11(21-22)15(27)23-6-7-24(14(26)9-23)10-4-5-20-12(8-10)16(17,18)19/h2-5,8H,6-7,9H2,1H3. The van der Waals surface area contributed by atoms with Crippen molar-refractivity contribution in [3.05, 3.63) is 52.2 Å². The van der Waals surface area contributed by atoms with Crippen LogP contribution in [0.15, 0.2) is 35.3 Å². The molecular weight excluding hydrogens is 367 g/mol. The smallest absolute Gasteiger partial charge is 0.326 e. The van der Waals surface area contributed by atoms with Crippen LogP contribution >= 0.6 is 0 Å². The van der Waals surface area contributed by atoms with Crippen LogP contribution in [-0.4, -0.2) is 51.1 Å². The monoisotopic (exact) mass is 381 g/mol. The van der Waals surface area contributed by atoms with E-state index in [1.54, 1.807) is 0 Å². The first-order valence-electron chi connectivity index (χ1n) is 7.84. The summed E-state index contributed by atoms with van der Waals surface area (Å²) in [6.07, 6.45) is -3.64. The molecule has 11 heteroatoms. The van der Waals surface area contributed by atoms with E-state index < -0.39 is 23.7 Å². The number of carbonyl (C=O) groups excluding carboxylic acids is 2. The molecule has 0 spiro atoms. The van der Waals surface area contributed by atoms with Gasteiger partial charge in [-0.05, 0) is 18.2 Å². The Morgan fingerprint density at radius 2 is 1.89 bits per heavy atom. The van der Waals surface area contributed by atoms with Crippen LogP contribution in [0.3, 0.4) is 0 Å². The second kappa shape index (κ2) is 6.82. The van der Waals surface area contributed by atoms with Gasteiger partial charge in [0.05, 0.1) is 0 Å². The molecule has 0 aromatic carbocycles. The molecule has 1 aliphatic heterocycles. The predicted octanol–water partition coefficient (Wildman–Crippen LogP) is 0.683. The van der Waals surface area contributed by atoms with Crippen LogP contribution in [-0.2, 0) is 18.0 Å². The van der Waals surface area contributed by atoms with Crippen LogP contribution < -0.4 is 10.5 Å². The fourth-order valence-electron chi connectivity index (χ4n) is 2.64. The van der Waals surface area contributed by atoms with Crippen LogP contribution in [0.25, 0.3) is 0 Å². The van der Waals surface area contributed by atoms with Crippen molar-refractivity contribution in [1.82, 2.24) is 19.7 Å². The highest BCUT2D eigenvalue weighted by atomic mass is 19.4. The molecule has 8 nitrogen and oxygen atoms in total.